The summed E-state index contributed by atoms with van der Waals surface area (Å²) < 4.78 is 13.1. The van der Waals surface area contributed by atoms with Crippen LogP contribution in [-0.2, 0) is 4.79 Å². The number of carbonyl (C=O) groups excluding carboxylic acids is 1. The maximum absolute atomic E-state index is 13.1. The van der Waals surface area contributed by atoms with Crippen molar-refractivity contribution in [3.05, 3.63) is 95.8 Å². The predicted molar refractivity (Wildman–Crippen MR) is 123 cm³/mol. The van der Waals surface area contributed by atoms with Crippen molar-refractivity contribution in [3.63, 3.8) is 0 Å². The minimum Gasteiger partial charge on any atom is -0.397 e. The zero-order valence-corrected chi connectivity index (χ0v) is 18.2. The first-order valence-corrected chi connectivity index (χ1v) is 10.8. The van der Waals surface area contributed by atoms with Gasteiger partial charge in [0.05, 0.1) is 6.04 Å². The van der Waals surface area contributed by atoms with Gasteiger partial charge in [0, 0.05) is 19.6 Å². The number of aliphatic hydroxyl groups excluding tert-OH is 1. The predicted octanol–water partition coefficient (Wildman–Crippen LogP) is 5.96. The quantitative estimate of drug-likeness (QED) is 0.567. The van der Waals surface area contributed by atoms with Crippen LogP contribution in [-0.4, -0.2) is 29.1 Å². The maximum Gasteiger partial charge on any atom is 0.223 e. The summed E-state index contributed by atoms with van der Waals surface area (Å²) in [6.07, 6.45) is 1.57. The van der Waals surface area contributed by atoms with Gasteiger partial charge in [0.25, 0.3) is 0 Å². The van der Waals surface area contributed by atoms with Crippen LogP contribution in [0.3, 0.4) is 0 Å². The van der Waals surface area contributed by atoms with Crippen LogP contribution in [0.15, 0.2) is 78.9 Å². The van der Waals surface area contributed by atoms with Crippen LogP contribution in [0.1, 0.15) is 49.8 Å². The van der Waals surface area contributed by atoms with Crippen molar-refractivity contribution in [2.45, 2.75) is 38.6 Å². The molecular formula is C27H30FNO2. The molecule has 3 nitrogen and oxygen atoms in total. The highest BCUT2D eigenvalue weighted by Crippen LogP contribution is 2.33. The topological polar surface area (TPSA) is 40.5 Å². The van der Waals surface area contributed by atoms with Crippen molar-refractivity contribution in [1.29, 1.82) is 0 Å². The highest BCUT2D eigenvalue weighted by Gasteiger charge is 2.30. The molecule has 162 valence electrons. The Labute approximate surface area is 184 Å². The molecule has 0 radical (unpaired) electrons. The highest BCUT2D eigenvalue weighted by atomic mass is 19.1. The average Bonchev–Trinajstić information content (AvgIpc) is 2.80. The molecule has 1 aliphatic rings. The molecule has 0 saturated carbocycles. The summed E-state index contributed by atoms with van der Waals surface area (Å²) in [7, 11) is 0. The molecule has 1 amide bonds. The number of hydrogen-bond acceptors (Lipinski definition) is 2. The lowest BCUT2D eigenvalue weighted by Gasteiger charge is -2.36. The smallest absolute Gasteiger partial charge is 0.223 e. The second kappa shape index (κ2) is 10.9. The molecule has 4 rings (SSSR count). The van der Waals surface area contributed by atoms with E-state index in [4.69, 9.17) is 5.11 Å². The molecule has 0 aliphatic carbocycles. The molecule has 1 N–H and O–H groups in total. The van der Waals surface area contributed by atoms with E-state index >= 15 is 0 Å². The van der Waals surface area contributed by atoms with Crippen LogP contribution in [0.5, 0.6) is 0 Å². The fourth-order valence-corrected chi connectivity index (χ4v) is 4.05. The summed E-state index contributed by atoms with van der Waals surface area (Å²) in [5.74, 6) is 0.305. The van der Waals surface area contributed by atoms with E-state index in [0.29, 0.717) is 12.3 Å². The summed E-state index contributed by atoms with van der Waals surface area (Å²) in [5.41, 5.74) is 4.41. The number of likely N-dealkylation sites (tertiary alicyclic amines) is 1. The Kier molecular flexibility index (Phi) is 7.96. The molecular weight excluding hydrogens is 389 g/mol. The molecule has 1 heterocycles. The molecule has 4 heteroatoms. The average molecular weight is 420 g/mol. The lowest BCUT2D eigenvalue weighted by molar-refractivity contribution is -0.136. The lowest BCUT2D eigenvalue weighted by atomic mass is 9.88. The van der Waals surface area contributed by atoms with Crippen LogP contribution >= 0.6 is 0 Å². The summed E-state index contributed by atoms with van der Waals surface area (Å²) in [6.45, 7) is 4.80. The number of rotatable bonds is 4. The van der Waals surface area contributed by atoms with E-state index in [1.54, 1.807) is 19.1 Å². The Morgan fingerprint density at radius 2 is 1.52 bits per heavy atom. The Morgan fingerprint density at radius 1 is 0.968 bits per heavy atom. The molecule has 3 aromatic carbocycles. The molecule has 31 heavy (non-hydrogen) atoms. The third kappa shape index (κ3) is 5.80. The SMILES string of the molecule is CC(c1ccc(-c2ccc(F)cc2)cc1)N1CCC(c2ccccc2)CC1=O.CCO. The number of nitrogens with zero attached hydrogens (tertiary/aromatic N) is 1. The van der Waals surface area contributed by atoms with Crippen molar-refractivity contribution < 1.29 is 14.3 Å². The molecule has 2 unspecified atom stereocenters. The van der Waals surface area contributed by atoms with E-state index in [1.165, 1.54) is 17.7 Å². The van der Waals surface area contributed by atoms with Gasteiger partial charge in [0.1, 0.15) is 5.82 Å². The molecule has 0 spiro atoms. The minimum absolute atomic E-state index is 0.0477. The monoisotopic (exact) mass is 419 g/mol. The first-order chi connectivity index (χ1) is 15.0. The molecule has 0 bridgehead atoms. The van der Waals surface area contributed by atoms with Crippen LogP contribution in [0.2, 0.25) is 0 Å². The third-order valence-electron chi connectivity index (χ3n) is 5.77. The van der Waals surface area contributed by atoms with Gasteiger partial charge in [-0.15, -0.1) is 0 Å². The molecule has 0 aromatic heterocycles. The minimum atomic E-state index is -0.230. The van der Waals surface area contributed by atoms with E-state index in [1.807, 2.05) is 35.2 Å². The Balaban J connectivity index is 0.000000858. The number of aliphatic hydroxyl groups is 1. The van der Waals surface area contributed by atoms with Gasteiger partial charge in [-0.05, 0) is 60.6 Å². The number of halogens is 1. The molecule has 1 aliphatic heterocycles. The molecule has 1 saturated heterocycles. The third-order valence-corrected chi connectivity index (χ3v) is 5.77. The van der Waals surface area contributed by atoms with Crippen LogP contribution in [0.25, 0.3) is 11.1 Å². The van der Waals surface area contributed by atoms with E-state index in [2.05, 4.69) is 31.2 Å². The highest BCUT2D eigenvalue weighted by molar-refractivity contribution is 5.78. The van der Waals surface area contributed by atoms with Gasteiger partial charge in [-0.2, -0.15) is 0 Å². The van der Waals surface area contributed by atoms with E-state index in [9.17, 15) is 9.18 Å². The molecule has 2 atom stereocenters. The first-order valence-electron chi connectivity index (χ1n) is 10.8. The van der Waals surface area contributed by atoms with Gasteiger partial charge >= 0.3 is 0 Å². The summed E-state index contributed by atoms with van der Waals surface area (Å²) >= 11 is 0. The Morgan fingerprint density at radius 3 is 2.06 bits per heavy atom. The summed E-state index contributed by atoms with van der Waals surface area (Å²) in [5, 5.41) is 7.57. The van der Waals surface area contributed by atoms with E-state index in [0.717, 1.165) is 29.7 Å². The second-order valence-electron chi connectivity index (χ2n) is 7.81. The Bertz CT molecular complexity index is 955. The largest absolute Gasteiger partial charge is 0.397 e. The van der Waals surface area contributed by atoms with Crippen LogP contribution < -0.4 is 0 Å². The van der Waals surface area contributed by atoms with Gasteiger partial charge in [-0.25, -0.2) is 4.39 Å². The first kappa shape index (κ1) is 22.7. The van der Waals surface area contributed by atoms with Gasteiger partial charge < -0.3 is 10.0 Å². The van der Waals surface area contributed by atoms with Crippen molar-refractivity contribution >= 4 is 5.91 Å². The van der Waals surface area contributed by atoms with Crippen molar-refractivity contribution in [3.8, 4) is 11.1 Å². The lowest BCUT2D eigenvalue weighted by Crippen LogP contribution is -2.39. The van der Waals surface area contributed by atoms with Crippen molar-refractivity contribution in [2.24, 2.45) is 0 Å². The zero-order chi connectivity index (χ0) is 22.2. The normalized spacial score (nSPS) is 17.0. The zero-order valence-electron chi connectivity index (χ0n) is 18.2. The standard InChI is InChI=1S/C25H24FNO.C2H6O/c1-18(19-7-9-21(10-8-19)22-11-13-24(26)14-12-22)27-16-15-23(17-25(27)28)20-5-3-2-4-6-20;1-2-3/h2-14,18,23H,15-17H2,1H3;3H,2H2,1H3. The van der Waals surface area contributed by atoms with Crippen LogP contribution in [0.4, 0.5) is 4.39 Å². The Hall–Kier alpha value is -2.98. The van der Waals surface area contributed by atoms with Crippen molar-refractivity contribution in [2.75, 3.05) is 13.2 Å². The fourth-order valence-electron chi connectivity index (χ4n) is 4.05. The second-order valence-corrected chi connectivity index (χ2v) is 7.81. The number of benzene rings is 3. The number of hydrogen-bond donors (Lipinski definition) is 1. The van der Waals surface area contributed by atoms with Gasteiger partial charge in [0.2, 0.25) is 5.91 Å². The number of carbonyl (C=O) groups is 1. The maximum atomic E-state index is 13.1. The number of amides is 1. The van der Waals surface area contributed by atoms with E-state index in [-0.39, 0.29) is 24.4 Å². The van der Waals surface area contributed by atoms with Gasteiger partial charge in [0.15, 0.2) is 0 Å². The summed E-state index contributed by atoms with van der Waals surface area (Å²) in [6, 6.07) is 25.1. The van der Waals surface area contributed by atoms with Gasteiger partial charge in [-0.1, -0.05) is 66.7 Å². The van der Waals surface area contributed by atoms with Crippen LogP contribution in [0, 0.1) is 5.82 Å². The molecule has 1 fully saturated rings. The van der Waals surface area contributed by atoms with Crippen molar-refractivity contribution in [1.82, 2.24) is 4.90 Å². The summed E-state index contributed by atoms with van der Waals surface area (Å²) in [4.78, 5) is 14.8. The number of piperidine rings is 1. The fraction of sp³-hybridized carbons (Fsp3) is 0.296. The van der Waals surface area contributed by atoms with Gasteiger partial charge in [-0.3, -0.25) is 4.79 Å². The molecule has 3 aromatic rings. The van der Waals surface area contributed by atoms with E-state index < -0.39 is 0 Å².